The summed E-state index contributed by atoms with van der Waals surface area (Å²) in [5.41, 5.74) is 5.27. The Bertz CT molecular complexity index is 299. The van der Waals surface area contributed by atoms with E-state index in [-0.39, 0.29) is 5.91 Å². The van der Waals surface area contributed by atoms with Crippen LogP contribution < -0.4 is 11.1 Å². The van der Waals surface area contributed by atoms with Gasteiger partial charge in [-0.15, -0.1) is 0 Å². The van der Waals surface area contributed by atoms with Gasteiger partial charge in [0.25, 0.3) is 0 Å². The highest BCUT2D eigenvalue weighted by Crippen LogP contribution is 2.03. The molecule has 3 N–H and O–H groups in total. The molecule has 5 nitrogen and oxygen atoms in total. The van der Waals surface area contributed by atoms with E-state index in [1.54, 1.807) is 6.26 Å². The number of nitrogens with one attached hydrogen (secondary N) is 1. The molecule has 0 aromatic carbocycles. The zero-order valence-corrected chi connectivity index (χ0v) is 9.98. The molecule has 17 heavy (non-hydrogen) atoms. The van der Waals surface area contributed by atoms with Crippen LogP contribution in [0.5, 0.6) is 0 Å². The first-order valence-electron chi connectivity index (χ1n) is 5.90. The molecule has 1 aromatic heterocycles. The standard InChI is InChI=1S/C12H20N2O3/c13-6-10-16-8-2-7-14-12(15)5-4-11-3-1-9-17-11/h1,3,9H,2,4-8,10,13H2,(H,14,15). The number of hydrogen-bond acceptors (Lipinski definition) is 4. The molecule has 0 saturated carbocycles. The summed E-state index contributed by atoms with van der Waals surface area (Å²) in [4.78, 5) is 11.4. The number of amides is 1. The fraction of sp³-hybridized carbons (Fsp3) is 0.583. The van der Waals surface area contributed by atoms with Crippen molar-refractivity contribution in [2.24, 2.45) is 5.73 Å². The van der Waals surface area contributed by atoms with Gasteiger partial charge in [-0.1, -0.05) is 0 Å². The maximum atomic E-state index is 11.4. The van der Waals surface area contributed by atoms with Crippen LogP contribution in [-0.2, 0) is 16.0 Å². The molecule has 0 bridgehead atoms. The van der Waals surface area contributed by atoms with Crippen LogP contribution in [0, 0.1) is 0 Å². The fourth-order valence-corrected chi connectivity index (χ4v) is 1.37. The topological polar surface area (TPSA) is 77.5 Å². The Labute approximate surface area is 101 Å². The molecule has 96 valence electrons. The molecule has 0 fully saturated rings. The number of hydrogen-bond donors (Lipinski definition) is 2. The number of furan rings is 1. The minimum Gasteiger partial charge on any atom is -0.469 e. The average Bonchev–Trinajstić information content (AvgIpc) is 2.84. The monoisotopic (exact) mass is 240 g/mol. The second-order valence-electron chi connectivity index (χ2n) is 3.68. The van der Waals surface area contributed by atoms with E-state index in [1.807, 2.05) is 12.1 Å². The van der Waals surface area contributed by atoms with Gasteiger partial charge < -0.3 is 20.2 Å². The first-order chi connectivity index (χ1) is 8.33. The van der Waals surface area contributed by atoms with Crippen molar-refractivity contribution in [1.82, 2.24) is 5.32 Å². The highest BCUT2D eigenvalue weighted by molar-refractivity contribution is 5.75. The number of nitrogens with two attached hydrogens (primary N) is 1. The van der Waals surface area contributed by atoms with Gasteiger partial charge >= 0.3 is 0 Å². The zero-order chi connectivity index (χ0) is 12.3. The summed E-state index contributed by atoms with van der Waals surface area (Å²) in [6, 6.07) is 3.69. The molecule has 0 radical (unpaired) electrons. The fourth-order valence-electron chi connectivity index (χ4n) is 1.37. The summed E-state index contributed by atoms with van der Waals surface area (Å²) >= 11 is 0. The Balaban J connectivity index is 1.94. The van der Waals surface area contributed by atoms with Crippen LogP contribution in [0.15, 0.2) is 22.8 Å². The molecular formula is C12H20N2O3. The van der Waals surface area contributed by atoms with E-state index in [9.17, 15) is 4.79 Å². The Hall–Kier alpha value is -1.33. The average molecular weight is 240 g/mol. The Kier molecular flexibility index (Phi) is 7.09. The lowest BCUT2D eigenvalue weighted by Gasteiger charge is -2.05. The molecule has 0 spiro atoms. The summed E-state index contributed by atoms with van der Waals surface area (Å²) in [5, 5.41) is 2.83. The summed E-state index contributed by atoms with van der Waals surface area (Å²) in [5.74, 6) is 0.881. The Morgan fingerprint density at radius 3 is 3.06 bits per heavy atom. The minimum atomic E-state index is 0.0419. The number of aryl methyl sites for hydroxylation is 1. The lowest BCUT2D eigenvalue weighted by atomic mass is 10.2. The normalized spacial score (nSPS) is 10.4. The van der Waals surface area contributed by atoms with Gasteiger partial charge in [0.1, 0.15) is 5.76 Å². The molecule has 5 heteroatoms. The van der Waals surface area contributed by atoms with Crippen LogP contribution in [0.3, 0.4) is 0 Å². The minimum absolute atomic E-state index is 0.0419. The van der Waals surface area contributed by atoms with Gasteiger partial charge in [-0.3, -0.25) is 4.79 Å². The predicted molar refractivity (Wildman–Crippen MR) is 64.5 cm³/mol. The second-order valence-corrected chi connectivity index (χ2v) is 3.68. The molecule has 0 atom stereocenters. The van der Waals surface area contributed by atoms with Crippen LogP contribution in [0.2, 0.25) is 0 Å². The van der Waals surface area contributed by atoms with Crippen LogP contribution >= 0.6 is 0 Å². The van der Waals surface area contributed by atoms with Crippen LogP contribution in [0.25, 0.3) is 0 Å². The molecular weight excluding hydrogens is 220 g/mol. The number of rotatable bonds is 9. The van der Waals surface area contributed by atoms with Crippen molar-refractivity contribution < 1.29 is 13.9 Å². The Morgan fingerprint density at radius 1 is 1.47 bits per heavy atom. The summed E-state index contributed by atoms with van der Waals surface area (Å²) < 4.78 is 10.3. The van der Waals surface area contributed by atoms with Gasteiger partial charge in [0.05, 0.1) is 12.9 Å². The predicted octanol–water partition coefficient (Wildman–Crippen LogP) is 0.694. The third kappa shape index (κ3) is 6.76. The number of ether oxygens (including phenoxy) is 1. The third-order valence-electron chi connectivity index (χ3n) is 2.23. The van der Waals surface area contributed by atoms with Crippen molar-refractivity contribution in [2.45, 2.75) is 19.3 Å². The van der Waals surface area contributed by atoms with E-state index < -0.39 is 0 Å². The molecule has 1 aromatic rings. The molecule has 0 unspecified atom stereocenters. The van der Waals surface area contributed by atoms with Crippen molar-refractivity contribution in [3.8, 4) is 0 Å². The zero-order valence-electron chi connectivity index (χ0n) is 9.98. The maximum absolute atomic E-state index is 11.4. The first kappa shape index (κ1) is 13.7. The van der Waals surface area contributed by atoms with Gasteiger partial charge in [-0.25, -0.2) is 0 Å². The molecule has 1 amide bonds. The Morgan fingerprint density at radius 2 is 2.35 bits per heavy atom. The maximum Gasteiger partial charge on any atom is 0.220 e. The van der Waals surface area contributed by atoms with Crippen molar-refractivity contribution in [3.63, 3.8) is 0 Å². The largest absolute Gasteiger partial charge is 0.469 e. The molecule has 0 aliphatic rings. The van der Waals surface area contributed by atoms with Gasteiger partial charge in [0.15, 0.2) is 0 Å². The van der Waals surface area contributed by atoms with E-state index in [0.29, 0.717) is 39.1 Å². The third-order valence-corrected chi connectivity index (χ3v) is 2.23. The van der Waals surface area contributed by atoms with E-state index in [2.05, 4.69) is 5.32 Å². The number of carbonyl (C=O) groups is 1. The quantitative estimate of drug-likeness (QED) is 0.623. The summed E-state index contributed by atoms with van der Waals surface area (Å²) in [6.07, 6.45) is 3.52. The summed E-state index contributed by atoms with van der Waals surface area (Å²) in [6.45, 7) is 2.39. The highest BCUT2D eigenvalue weighted by atomic mass is 16.5. The molecule has 1 rings (SSSR count). The van der Waals surface area contributed by atoms with E-state index in [1.165, 1.54) is 0 Å². The van der Waals surface area contributed by atoms with Gasteiger partial charge in [-0.2, -0.15) is 0 Å². The van der Waals surface area contributed by atoms with Crippen molar-refractivity contribution in [2.75, 3.05) is 26.3 Å². The molecule has 1 heterocycles. The highest BCUT2D eigenvalue weighted by Gasteiger charge is 2.02. The smallest absolute Gasteiger partial charge is 0.220 e. The van der Waals surface area contributed by atoms with Crippen LogP contribution in [0.1, 0.15) is 18.6 Å². The van der Waals surface area contributed by atoms with Crippen molar-refractivity contribution in [3.05, 3.63) is 24.2 Å². The SMILES string of the molecule is NCCOCCCNC(=O)CCc1ccco1. The van der Waals surface area contributed by atoms with E-state index >= 15 is 0 Å². The second kappa shape index (κ2) is 8.78. The van der Waals surface area contributed by atoms with E-state index in [0.717, 1.165) is 12.2 Å². The lowest BCUT2D eigenvalue weighted by Crippen LogP contribution is -2.25. The van der Waals surface area contributed by atoms with Crippen molar-refractivity contribution >= 4 is 5.91 Å². The molecule has 0 saturated heterocycles. The van der Waals surface area contributed by atoms with Gasteiger partial charge in [-0.05, 0) is 18.6 Å². The van der Waals surface area contributed by atoms with Crippen LogP contribution in [0.4, 0.5) is 0 Å². The molecule has 0 aliphatic carbocycles. The van der Waals surface area contributed by atoms with Crippen LogP contribution in [-0.4, -0.2) is 32.2 Å². The summed E-state index contributed by atoms with van der Waals surface area (Å²) in [7, 11) is 0. The van der Waals surface area contributed by atoms with Gasteiger partial charge in [0.2, 0.25) is 5.91 Å². The lowest BCUT2D eigenvalue weighted by molar-refractivity contribution is -0.121. The van der Waals surface area contributed by atoms with E-state index in [4.69, 9.17) is 14.9 Å². The molecule has 0 aliphatic heterocycles. The first-order valence-corrected chi connectivity index (χ1v) is 5.90. The van der Waals surface area contributed by atoms with Gasteiger partial charge in [0, 0.05) is 32.5 Å². The number of carbonyl (C=O) groups excluding carboxylic acids is 1. The van der Waals surface area contributed by atoms with Crippen molar-refractivity contribution in [1.29, 1.82) is 0 Å².